The number of fused-ring (bicyclic) bond motifs is 1. The second-order valence-electron chi connectivity index (χ2n) is 5.67. The Kier molecular flexibility index (Phi) is 4.27. The van der Waals surface area contributed by atoms with Gasteiger partial charge in [0.15, 0.2) is 17.3 Å². The Hall–Kier alpha value is -2.81. The second-order valence-corrected chi connectivity index (χ2v) is 7.45. The highest BCUT2D eigenvalue weighted by atomic mass is 32.2. The molecule has 0 fully saturated rings. The molecule has 6 nitrogen and oxygen atoms in total. The van der Waals surface area contributed by atoms with Gasteiger partial charge >= 0.3 is 5.97 Å². The van der Waals surface area contributed by atoms with E-state index in [2.05, 4.69) is 9.72 Å². The molecule has 0 saturated carbocycles. The van der Waals surface area contributed by atoms with E-state index in [1.54, 1.807) is 19.1 Å². The van der Waals surface area contributed by atoms with Crippen LogP contribution in [0, 0.1) is 25.5 Å². The van der Waals surface area contributed by atoms with Crippen LogP contribution < -0.4 is 0 Å². The zero-order valence-corrected chi connectivity index (χ0v) is 14.9. The number of esters is 1. The van der Waals surface area contributed by atoms with Gasteiger partial charge in [0.05, 0.1) is 23.1 Å². The van der Waals surface area contributed by atoms with Gasteiger partial charge in [-0.25, -0.2) is 30.9 Å². The summed E-state index contributed by atoms with van der Waals surface area (Å²) in [5.41, 5.74) is -0.358. The van der Waals surface area contributed by atoms with E-state index in [0.29, 0.717) is 3.97 Å². The standard InChI is InChI=1S/C17H14F2N2O4S/c1-9-4-6-11(7-5-9)26(23,24)21-13(17(22)25-3)8-12-15(19)14(18)10(2)20-16(12)21/h4-8H,1-3H3. The molecule has 2 heterocycles. The average Bonchev–Trinajstić information content (AvgIpc) is 2.99. The van der Waals surface area contributed by atoms with Crippen LogP contribution in [0.5, 0.6) is 0 Å². The van der Waals surface area contributed by atoms with Gasteiger partial charge < -0.3 is 4.74 Å². The predicted molar refractivity (Wildman–Crippen MR) is 89.5 cm³/mol. The molecule has 0 amide bonds. The highest BCUT2D eigenvalue weighted by molar-refractivity contribution is 7.90. The van der Waals surface area contributed by atoms with Crippen molar-refractivity contribution in [3.63, 3.8) is 0 Å². The number of carbonyl (C=O) groups excluding carboxylic acids is 1. The molecule has 1 aromatic carbocycles. The minimum atomic E-state index is -4.31. The Labute approximate surface area is 148 Å². The molecule has 3 aromatic rings. The van der Waals surface area contributed by atoms with E-state index in [1.165, 1.54) is 19.1 Å². The Morgan fingerprint density at radius 3 is 2.31 bits per heavy atom. The molecule has 0 spiro atoms. The third-order valence-corrected chi connectivity index (χ3v) is 5.63. The quantitative estimate of drug-likeness (QED) is 0.653. The molecular formula is C17H14F2N2O4S. The highest BCUT2D eigenvalue weighted by Gasteiger charge is 2.30. The number of hydrogen-bond donors (Lipinski definition) is 0. The van der Waals surface area contributed by atoms with Gasteiger partial charge in [-0.3, -0.25) is 0 Å². The molecule has 0 saturated heterocycles. The van der Waals surface area contributed by atoms with Gasteiger partial charge in [0.25, 0.3) is 10.0 Å². The third-order valence-electron chi connectivity index (χ3n) is 3.91. The SMILES string of the molecule is COC(=O)c1cc2c(F)c(F)c(C)nc2n1S(=O)(=O)c1ccc(C)cc1. The lowest BCUT2D eigenvalue weighted by atomic mass is 10.2. The Balaban J connectivity index is 2.43. The van der Waals surface area contributed by atoms with E-state index in [1.807, 2.05) is 0 Å². The summed E-state index contributed by atoms with van der Waals surface area (Å²) >= 11 is 0. The van der Waals surface area contributed by atoms with Crippen molar-refractivity contribution in [3.8, 4) is 0 Å². The maximum absolute atomic E-state index is 14.3. The topological polar surface area (TPSA) is 78.3 Å². The summed E-state index contributed by atoms with van der Waals surface area (Å²) in [7, 11) is -3.25. The number of halogens is 2. The van der Waals surface area contributed by atoms with Crippen LogP contribution in [0.4, 0.5) is 8.78 Å². The molecule has 3 rings (SSSR count). The van der Waals surface area contributed by atoms with E-state index in [-0.39, 0.29) is 16.2 Å². The van der Waals surface area contributed by atoms with Crippen molar-refractivity contribution in [2.75, 3.05) is 7.11 Å². The van der Waals surface area contributed by atoms with Crippen LogP contribution in [0.25, 0.3) is 11.0 Å². The van der Waals surface area contributed by atoms with Crippen molar-refractivity contribution < 1.29 is 26.7 Å². The number of ether oxygens (including phenoxy) is 1. The van der Waals surface area contributed by atoms with Crippen LogP contribution in [0.2, 0.25) is 0 Å². The normalized spacial score (nSPS) is 11.7. The maximum Gasteiger partial charge on any atom is 0.355 e. The first-order valence-electron chi connectivity index (χ1n) is 7.46. The molecule has 0 bridgehead atoms. The number of carbonyl (C=O) groups is 1. The Morgan fingerprint density at radius 2 is 1.73 bits per heavy atom. The summed E-state index contributed by atoms with van der Waals surface area (Å²) in [6.45, 7) is 2.98. The molecule has 9 heteroatoms. The van der Waals surface area contributed by atoms with Crippen molar-refractivity contribution in [1.82, 2.24) is 8.96 Å². The Bertz CT molecular complexity index is 1140. The summed E-state index contributed by atoms with van der Waals surface area (Å²) in [6, 6.07) is 6.77. The molecule has 0 unspecified atom stereocenters. The number of nitrogens with zero attached hydrogens (tertiary/aromatic N) is 2. The van der Waals surface area contributed by atoms with Gasteiger partial charge in [0.1, 0.15) is 5.69 Å². The number of rotatable bonds is 3. The monoisotopic (exact) mass is 380 g/mol. The van der Waals surface area contributed by atoms with Crippen LogP contribution in [-0.2, 0) is 14.8 Å². The Morgan fingerprint density at radius 1 is 1.12 bits per heavy atom. The van der Waals surface area contributed by atoms with Crippen molar-refractivity contribution in [2.45, 2.75) is 18.7 Å². The van der Waals surface area contributed by atoms with E-state index in [4.69, 9.17) is 0 Å². The lowest BCUT2D eigenvalue weighted by Crippen LogP contribution is -2.20. The molecule has 26 heavy (non-hydrogen) atoms. The van der Waals surface area contributed by atoms with Crippen LogP contribution >= 0.6 is 0 Å². The fourth-order valence-corrected chi connectivity index (χ4v) is 3.98. The molecule has 0 radical (unpaired) electrons. The van der Waals surface area contributed by atoms with E-state index < -0.39 is 38.7 Å². The van der Waals surface area contributed by atoms with Gasteiger partial charge in [-0.1, -0.05) is 17.7 Å². The number of pyridine rings is 1. The number of aromatic nitrogens is 2. The lowest BCUT2D eigenvalue weighted by Gasteiger charge is -2.11. The van der Waals surface area contributed by atoms with Gasteiger partial charge in [-0.05, 0) is 32.0 Å². The van der Waals surface area contributed by atoms with Crippen molar-refractivity contribution in [1.29, 1.82) is 0 Å². The summed E-state index contributed by atoms with van der Waals surface area (Å²) in [6.07, 6.45) is 0. The molecule has 0 aliphatic heterocycles. The first kappa shape index (κ1) is 18.0. The van der Waals surface area contributed by atoms with Gasteiger partial charge in [0, 0.05) is 0 Å². The van der Waals surface area contributed by atoms with Gasteiger partial charge in [-0.2, -0.15) is 0 Å². The fourth-order valence-electron chi connectivity index (χ4n) is 2.54. The van der Waals surface area contributed by atoms with Crippen LogP contribution in [-0.4, -0.2) is 30.5 Å². The van der Waals surface area contributed by atoms with Gasteiger partial charge in [-0.15, -0.1) is 0 Å². The molecule has 0 aliphatic rings. The van der Waals surface area contributed by atoms with Crippen LogP contribution in [0.15, 0.2) is 35.2 Å². The lowest BCUT2D eigenvalue weighted by molar-refractivity contribution is 0.0593. The minimum Gasteiger partial charge on any atom is -0.464 e. The molecule has 0 N–H and O–H groups in total. The first-order chi connectivity index (χ1) is 12.2. The van der Waals surface area contributed by atoms with Crippen molar-refractivity contribution in [3.05, 3.63) is 58.9 Å². The summed E-state index contributed by atoms with van der Waals surface area (Å²) < 4.78 is 59.4. The van der Waals surface area contributed by atoms with E-state index >= 15 is 0 Å². The zero-order valence-electron chi connectivity index (χ0n) is 14.1. The summed E-state index contributed by atoms with van der Waals surface area (Å²) in [4.78, 5) is 15.8. The number of aryl methyl sites for hydroxylation is 2. The van der Waals surface area contributed by atoms with Crippen molar-refractivity contribution >= 4 is 27.0 Å². The molecule has 136 valence electrons. The van der Waals surface area contributed by atoms with Gasteiger partial charge in [0.2, 0.25) is 0 Å². The van der Waals surface area contributed by atoms with Crippen LogP contribution in [0.3, 0.4) is 0 Å². The van der Waals surface area contributed by atoms with Crippen LogP contribution in [0.1, 0.15) is 21.7 Å². The molecule has 2 aromatic heterocycles. The number of benzene rings is 1. The largest absolute Gasteiger partial charge is 0.464 e. The second kappa shape index (κ2) is 6.17. The molecule has 0 atom stereocenters. The van der Waals surface area contributed by atoms with E-state index in [0.717, 1.165) is 18.7 Å². The maximum atomic E-state index is 14.3. The molecule has 0 aliphatic carbocycles. The number of hydrogen-bond acceptors (Lipinski definition) is 5. The van der Waals surface area contributed by atoms with E-state index in [9.17, 15) is 22.0 Å². The van der Waals surface area contributed by atoms with Crippen molar-refractivity contribution in [2.24, 2.45) is 0 Å². The zero-order chi connectivity index (χ0) is 19.2. The third kappa shape index (κ3) is 2.64. The smallest absolute Gasteiger partial charge is 0.355 e. The molecular weight excluding hydrogens is 366 g/mol. The first-order valence-corrected chi connectivity index (χ1v) is 8.90. The minimum absolute atomic E-state index is 0.130. The summed E-state index contributed by atoms with van der Waals surface area (Å²) in [5.74, 6) is -3.51. The fraction of sp³-hybridized carbons (Fsp3) is 0.176. The highest BCUT2D eigenvalue weighted by Crippen LogP contribution is 2.29. The summed E-state index contributed by atoms with van der Waals surface area (Å²) in [5, 5.41) is -0.427. The number of methoxy groups -OCH3 is 1. The predicted octanol–water partition coefficient (Wildman–Crippen LogP) is 2.95. The average molecular weight is 380 g/mol.